The zero-order valence-corrected chi connectivity index (χ0v) is 15.1. The van der Waals surface area contributed by atoms with E-state index < -0.39 is 0 Å². The van der Waals surface area contributed by atoms with Gasteiger partial charge in [0.1, 0.15) is 11.3 Å². The summed E-state index contributed by atoms with van der Waals surface area (Å²) in [6.07, 6.45) is -0.0330. The summed E-state index contributed by atoms with van der Waals surface area (Å²) in [5.41, 5.74) is 2.13. The molecule has 0 aliphatic carbocycles. The maximum atomic E-state index is 13.4. The van der Waals surface area contributed by atoms with Crippen LogP contribution in [0.15, 0.2) is 46.9 Å². The van der Waals surface area contributed by atoms with Crippen molar-refractivity contribution in [3.63, 3.8) is 0 Å². The number of oxazole rings is 1. The van der Waals surface area contributed by atoms with E-state index in [9.17, 15) is 9.18 Å². The number of methoxy groups -OCH3 is 1. The fourth-order valence-corrected chi connectivity index (χ4v) is 3.41. The number of likely N-dealkylation sites (N-methyl/N-ethyl adjacent to an activating group) is 1. The number of nitrogens with one attached hydrogen (secondary N) is 1. The van der Waals surface area contributed by atoms with E-state index in [2.05, 4.69) is 15.2 Å². The van der Waals surface area contributed by atoms with Crippen LogP contribution in [0, 0.1) is 5.82 Å². The van der Waals surface area contributed by atoms with Gasteiger partial charge in [-0.25, -0.2) is 9.37 Å². The van der Waals surface area contributed by atoms with Gasteiger partial charge in [-0.3, -0.25) is 4.79 Å². The highest BCUT2D eigenvalue weighted by Crippen LogP contribution is 2.25. The molecular formula is C20H20FN3O3. The first kappa shape index (κ1) is 17.6. The zero-order valence-electron chi connectivity index (χ0n) is 15.1. The Morgan fingerprint density at radius 2 is 2.15 bits per heavy atom. The summed E-state index contributed by atoms with van der Waals surface area (Å²) in [6.45, 7) is 1.51. The minimum atomic E-state index is -0.357. The number of aromatic nitrogens is 1. The Morgan fingerprint density at radius 3 is 2.93 bits per heavy atom. The van der Waals surface area contributed by atoms with Crippen LogP contribution in [0.1, 0.15) is 10.4 Å². The van der Waals surface area contributed by atoms with E-state index in [4.69, 9.17) is 9.15 Å². The van der Waals surface area contributed by atoms with Crippen molar-refractivity contribution in [3.8, 4) is 11.5 Å². The van der Waals surface area contributed by atoms with Gasteiger partial charge in [0, 0.05) is 31.3 Å². The van der Waals surface area contributed by atoms with Crippen LogP contribution >= 0.6 is 0 Å². The second-order valence-electron chi connectivity index (χ2n) is 6.79. The molecule has 1 saturated heterocycles. The molecule has 0 spiro atoms. The Hall–Kier alpha value is -2.77. The average molecular weight is 369 g/mol. The summed E-state index contributed by atoms with van der Waals surface area (Å²) in [4.78, 5) is 19.2. The minimum Gasteiger partial charge on any atom is -0.436 e. The van der Waals surface area contributed by atoms with Crippen LogP contribution in [-0.4, -0.2) is 55.2 Å². The highest BCUT2D eigenvalue weighted by Gasteiger charge is 2.32. The summed E-state index contributed by atoms with van der Waals surface area (Å²) < 4.78 is 24.6. The van der Waals surface area contributed by atoms with Gasteiger partial charge in [-0.2, -0.15) is 0 Å². The molecule has 1 aromatic heterocycles. The quantitative estimate of drug-likeness (QED) is 0.766. The molecule has 2 atom stereocenters. The minimum absolute atomic E-state index is 0.0330. The van der Waals surface area contributed by atoms with Crippen LogP contribution in [0.2, 0.25) is 0 Å². The molecule has 1 aliphatic heterocycles. The molecule has 27 heavy (non-hydrogen) atoms. The number of carbonyl (C=O) groups is 1. The number of halogens is 1. The molecule has 2 heterocycles. The predicted octanol–water partition coefficient (Wildman–Crippen LogP) is 2.69. The number of hydrogen-bond acceptors (Lipinski definition) is 5. The number of benzene rings is 2. The molecule has 6 nitrogen and oxygen atoms in total. The Morgan fingerprint density at radius 1 is 1.30 bits per heavy atom. The Labute approximate surface area is 155 Å². The van der Waals surface area contributed by atoms with Crippen molar-refractivity contribution in [2.24, 2.45) is 0 Å². The lowest BCUT2D eigenvalue weighted by molar-refractivity contribution is 0.0766. The number of amides is 1. The molecule has 3 aromatic rings. The summed E-state index contributed by atoms with van der Waals surface area (Å²) in [5.74, 6) is -0.225. The Balaban J connectivity index is 1.57. The second-order valence-corrected chi connectivity index (χ2v) is 6.79. The third-order valence-electron chi connectivity index (χ3n) is 4.79. The van der Waals surface area contributed by atoms with Crippen molar-refractivity contribution in [2.75, 3.05) is 27.2 Å². The van der Waals surface area contributed by atoms with Gasteiger partial charge in [-0.15, -0.1) is 0 Å². The molecule has 1 N–H and O–H groups in total. The number of carbonyl (C=O) groups excluding carboxylic acids is 1. The van der Waals surface area contributed by atoms with Crippen LogP contribution in [0.3, 0.4) is 0 Å². The third kappa shape index (κ3) is 3.56. The van der Waals surface area contributed by atoms with Gasteiger partial charge in [0.15, 0.2) is 5.58 Å². The number of likely N-dealkylation sites (tertiary alicyclic amines) is 1. The van der Waals surface area contributed by atoms with Crippen molar-refractivity contribution in [1.82, 2.24) is 15.2 Å². The van der Waals surface area contributed by atoms with E-state index in [0.29, 0.717) is 28.1 Å². The van der Waals surface area contributed by atoms with Crippen molar-refractivity contribution < 1.29 is 18.3 Å². The fourth-order valence-electron chi connectivity index (χ4n) is 3.41. The largest absolute Gasteiger partial charge is 0.436 e. The van der Waals surface area contributed by atoms with Crippen molar-refractivity contribution in [1.29, 1.82) is 0 Å². The molecule has 2 unspecified atom stereocenters. The number of rotatable bonds is 4. The number of ether oxygens (including phenoxy) is 1. The van der Waals surface area contributed by atoms with Crippen LogP contribution in [0.25, 0.3) is 22.6 Å². The van der Waals surface area contributed by atoms with E-state index in [1.165, 1.54) is 12.1 Å². The Kier molecular flexibility index (Phi) is 4.63. The van der Waals surface area contributed by atoms with Crippen molar-refractivity contribution >= 4 is 17.0 Å². The molecule has 0 saturated carbocycles. The molecule has 1 amide bonds. The molecule has 1 aliphatic rings. The van der Waals surface area contributed by atoms with Crippen molar-refractivity contribution in [2.45, 2.75) is 12.1 Å². The summed E-state index contributed by atoms with van der Waals surface area (Å²) in [6, 6.07) is 11.1. The van der Waals surface area contributed by atoms with E-state index in [0.717, 1.165) is 13.1 Å². The predicted molar refractivity (Wildman–Crippen MR) is 99.0 cm³/mol. The number of hydrogen-bond donors (Lipinski definition) is 1. The summed E-state index contributed by atoms with van der Waals surface area (Å²) >= 11 is 0. The fraction of sp³-hybridized carbons (Fsp3) is 0.300. The van der Waals surface area contributed by atoms with Gasteiger partial charge in [0.25, 0.3) is 5.91 Å². The van der Waals surface area contributed by atoms with Crippen LogP contribution in [0.4, 0.5) is 4.39 Å². The lowest BCUT2D eigenvalue weighted by Gasteiger charge is -2.18. The zero-order chi connectivity index (χ0) is 19.0. The number of nitrogens with zero attached hydrogens (tertiary/aromatic N) is 2. The first-order valence-electron chi connectivity index (χ1n) is 8.72. The molecule has 0 bridgehead atoms. The second kappa shape index (κ2) is 7.09. The first-order valence-corrected chi connectivity index (χ1v) is 8.72. The maximum Gasteiger partial charge on any atom is 0.251 e. The Bertz CT molecular complexity index is 988. The summed E-state index contributed by atoms with van der Waals surface area (Å²) in [7, 11) is 3.64. The van der Waals surface area contributed by atoms with E-state index in [-0.39, 0.29) is 23.9 Å². The van der Waals surface area contributed by atoms with E-state index in [1.54, 1.807) is 37.4 Å². The highest BCUT2D eigenvalue weighted by molar-refractivity contribution is 5.97. The lowest BCUT2D eigenvalue weighted by Crippen LogP contribution is -2.43. The molecule has 7 heteroatoms. The average Bonchev–Trinajstić information content (AvgIpc) is 3.23. The monoisotopic (exact) mass is 369 g/mol. The van der Waals surface area contributed by atoms with Gasteiger partial charge in [0.2, 0.25) is 5.89 Å². The van der Waals surface area contributed by atoms with Crippen LogP contribution in [0.5, 0.6) is 0 Å². The van der Waals surface area contributed by atoms with Gasteiger partial charge in [-0.1, -0.05) is 6.07 Å². The first-order chi connectivity index (χ1) is 13.0. The number of fused-ring (bicyclic) bond motifs is 1. The van der Waals surface area contributed by atoms with Crippen LogP contribution in [-0.2, 0) is 4.74 Å². The molecule has 4 rings (SSSR count). The smallest absolute Gasteiger partial charge is 0.251 e. The maximum absolute atomic E-state index is 13.4. The summed E-state index contributed by atoms with van der Waals surface area (Å²) in [5, 5.41) is 3.02. The van der Waals surface area contributed by atoms with E-state index in [1.807, 2.05) is 7.05 Å². The van der Waals surface area contributed by atoms with Crippen molar-refractivity contribution in [3.05, 3.63) is 53.8 Å². The highest BCUT2D eigenvalue weighted by atomic mass is 19.1. The molecular weight excluding hydrogens is 349 g/mol. The van der Waals surface area contributed by atoms with Crippen LogP contribution < -0.4 is 5.32 Å². The van der Waals surface area contributed by atoms with Gasteiger partial charge in [-0.05, 0) is 43.4 Å². The molecule has 0 radical (unpaired) electrons. The lowest BCUT2D eigenvalue weighted by atomic mass is 10.1. The van der Waals surface area contributed by atoms with Gasteiger partial charge in [0.05, 0.1) is 12.1 Å². The van der Waals surface area contributed by atoms with E-state index >= 15 is 0 Å². The van der Waals surface area contributed by atoms with Gasteiger partial charge >= 0.3 is 0 Å². The van der Waals surface area contributed by atoms with Gasteiger partial charge < -0.3 is 19.4 Å². The normalized spacial score (nSPS) is 20.3. The molecule has 2 aromatic carbocycles. The SMILES string of the molecule is COC1CN(C)CC1NC(=O)c1ccc2oc(-c3cccc(F)c3)nc2c1. The molecule has 1 fully saturated rings. The molecule has 140 valence electrons. The standard InChI is InChI=1S/C20H20FN3O3/c1-24-10-16(18(11-24)26-2)22-19(25)12-6-7-17-15(9-12)23-20(27-17)13-4-3-5-14(21)8-13/h3-9,16,18H,10-11H2,1-2H3,(H,22,25). The topological polar surface area (TPSA) is 67.6 Å². The third-order valence-corrected chi connectivity index (χ3v) is 4.79.